The Morgan fingerprint density at radius 3 is 2.65 bits per heavy atom. The van der Waals surface area contributed by atoms with E-state index >= 15 is 0 Å². The molecule has 6 nitrogen and oxygen atoms in total. The summed E-state index contributed by atoms with van der Waals surface area (Å²) < 4.78 is 7.50. The lowest BCUT2D eigenvalue weighted by molar-refractivity contribution is 0.0877. The van der Waals surface area contributed by atoms with Gasteiger partial charge in [-0.25, -0.2) is 4.98 Å². The topological polar surface area (TPSA) is 45.9 Å². The molecule has 1 aromatic carbocycles. The molecule has 0 saturated carbocycles. The normalized spacial score (nSPS) is 17.8. The molecule has 0 bridgehead atoms. The summed E-state index contributed by atoms with van der Waals surface area (Å²) in [6, 6.07) is 20.8. The van der Waals surface area contributed by atoms with Crippen molar-refractivity contribution in [2.45, 2.75) is 12.6 Å². The summed E-state index contributed by atoms with van der Waals surface area (Å²) in [5.74, 6) is 0.860. The van der Waals surface area contributed by atoms with Gasteiger partial charge in [-0.3, -0.25) is 19.2 Å². The molecule has 0 aliphatic carbocycles. The smallest absolute Gasteiger partial charge is 0.137 e. The first-order valence-corrected chi connectivity index (χ1v) is 10.7. The van der Waals surface area contributed by atoms with E-state index in [9.17, 15) is 0 Å². The first kappa shape index (κ1) is 19.7. The van der Waals surface area contributed by atoms with Gasteiger partial charge in [0.1, 0.15) is 11.4 Å². The number of methoxy groups -OCH3 is 1. The van der Waals surface area contributed by atoms with Crippen LogP contribution in [0.2, 0.25) is 0 Å². The second-order valence-electron chi connectivity index (χ2n) is 8.09. The van der Waals surface area contributed by atoms with Crippen LogP contribution in [0.3, 0.4) is 0 Å². The number of likely N-dealkylation sites (N-methyl/N-ethyl adjacent to an activating group) is 1. The highest BCUT2D eigenvalue weighted by atomic mass is 16.5. The van der Waals surface area contributed by atoms with Crippen LogP contribution < -0.4 is 4.74 Å². The van der Waals surface area contributed by atoms with Gasteiger partial charge in [-0.2, -0.15) is 0 Å². The third kappa shape index (κ3) is 4.04. The summed E-state index contributed by atoms with van der Waals surface area (Å²) in [6.07, 6.45) is 4.06. The second-order valence-corrected chi connectivity index (χ2v) is 8.09. The molecule has 1 saturated heterocycles. The molecule has 5 rings (SSSR count). The molecule has 4 heterocycles. The third-order valence-corrected chi connectivity index (χ3v) is 6.08. The number of benzene rings is 1. The van der Waals surface area contributed by atoms with Gasteiger partial charge in [0.05, 0.1) is 30.2 Å². The minimum atomic E-state index is 0.251. The number of pyridine rings is 2. The summed E-state index contributed by atoms with van der Waals surface area (Å²) in [6.45, 7) is 3.86. The van der Waals surface area contributed by atoms with Crippen molar-refractivity contribution in [2.75, 3.05) is 33.8 Å². The van der Waals surface area contributed by atoms with E-state index in [0.717, 1.165) is 60.2 Å². The van der Waals surface area contributed by atoms with Gasteiger partial charge in [0, 0.05) is 38.6 Å². The molecule has 0 N–H and O–H groups in total. The van der Waals surface area contributed by atoms with E-state index in [-0.39, 0.29) is 6.04 Å². The molecule has 1 aliphatic heterocycles. The molecule has 0 amide bonds. The van der Waals surface area contributed by atoms with Crippen LogP contribution in [0.4, 0.5) is 0 Å². The predicted octanol–water partition coefficient (Wildman–Crippen LogP) is 3.89. The number of hydrogen-bond donors (Lipinski definition) is 0. The van der Waals surface area contributed by atoms with Crippen LogP contribution in [0.1, 0.15) is 17.4 Å². The maximum absolute atomic E-state index is 5.31. The molecular formula is C25H27N5O. The average Bonchev–Trinajstić information content (AvgIpc) is 3.25. The van der Waals surface area contributed by atoms with Crippen molar-refractivity contribution in [2.24, 2.45) is 0 Å². The van der Waals surface area contributed by atoms with Crippen molar-refractivity contribution in [3.05, 3.63) is 84.4 Å². The Kier molecular flexibility index (Phi) is 5.40. The van der Waals surface area contributed by atoms with E-state index in [4.69, 9.17) is 9.72 Å². The number of rotatable bonds is 5. The molecule has 1 unspecified atom stereocenters. The van der Waals surface area contributed by atoms with E-state index in [1.54, 1.807) is 7.11 Å². The fourth-order valence-corrected chi connectivity index (χ4v) is 4.30. The van der Waals surface area contributed by atoms with E-state index in [2.05, 4.69) is 74.9 Å². The molecule has 1 atom stereocenters. The predicted molar refractivity (Wildman–Crippen MR) is 122 cm³/mol. The van der Waals surface area contributed by atoms with Crippen molar-refractivity contribution >= 4 is 5.65 Å². The van der Waals surface area contributed by atoms with Gasteiger partial charge in [0.15, 0.2) is 0 Å². The fourth-order valence-electron chi connectivity index (χ4n) is 4.30. The highest BCUT2D eigenvalue weighted by molar-refractivity contribution is 5.64. The monoisotopic (exact) mass is 413 g/mol. The molecule has 158 valence electrons. The van der Waals surface area contributed by atoms with Gasteiger partial charge in [-0.15, -0.1) is 0 Å². The van der Waals surface area contributed by atoms with Gasteiger partial charge in [-0.1, -0.05) is 12.1 Å². The zero-order valence-corrected chi connectivity index (χ0v) is 18.0. The van der Waals surface area contributed by atoms with E-state index < -0.39 is 0 Å². The van der Waals surface area contributed by atoms with Crippen LogP contribution in [0, 0.1) is 0 Å². The van der Waals surface area contributed by atoms with Crippen LogP contribution in [-0.4, -0.2) is 58.0 Å². The fraction of sp³-hybridized carbons (Fsp3) is 0.280. The molecule has 31 heavy (non-hydrogen) atoms. The molecule has 6 heteroatoms. The van der Waals surface area contributed by atoms with Gasteiger partial charge in [0.25, 0.3) is 0 Å². The molecular weight excluding hydrogens is 386 g/mol. The second kappa shape index (κ2) is 8.49. The lowest BCUT2D eigenvalue weighted by atomic mass is 10.1. The highest BCUT2D eigenvalue weighted by Gasteiger charge is 2.28. The van der Waals surface area contributed by atoms with E-state index in [0.29, 0.717) is 0 Å². The van der Waals surface area contributed by atoms with E-state index in [1.807, 2.05) is 24.4 Å². The van der Waals surface area contributed by atoms with Crippen molar-refractivity contribution in [3.63, 3.8) is 0 Å². The number of aromatic nitrogens is 3. The Labute approximate surface area is 182 Å². The lowest BCUT2D eigenvalue weighted by Gasteiger charge is -2.38. The Morgan fingerprint density at radius 2 is 1.87 bits per heavy atom. The van der Waals surface area contributed by atoms with Crippen LogP contribution in [0.5, 0.6) is 5.75 Å². The van der Waals surface area contributed by atoms with Crippen molar-refractivity contribution in [3.8, 4) is 17.0 Å². The van der Waals surface area contributed by atoms with Crippen LogP contribution >= 0.6 is 0 Å². The number of piperazine rings is 1. The lowest BCUT2D eigenvalue weighted by Crippen LogP contribution is -2.46. The average molecular weight is 414 g/mol. The SMILES string of the molecule is COc1ccc(-c2cccc3nc(C4CN(Cc5ccccn5)CCN4C)cn23)cc1. The Balaban J connectivity index is 1.43. The maximum atomic E-state index is 5.31. The number of hydrogen-bond acceptors (Lipinski definition) is 5. The van der Waals surface area contributed by atoms with Gasteiger partial charge >= 0.3 is 0 Å². The van der Waals surface area contributed by atoms with Crippen molar-refractivity contribution in [1.82, 2.24) is 24.2 Å². The Morgan fingerprint density at radius 1 is 1.00 bits per heavy atom. The first-order valence-electron chi connectivity index (χ1n) is 10.7. The minimum absolute atomic E-state index is 0.251. The van der Waals surface area contributed by atoms with Gasteiger partial charge in [0.2, 0.25) is 0 Å². The summed E-state index contributed by atoms with van der Waals surface area (Å²) in [4.78, 5) is 14.4. The molecule has 3 aromatic heterocycles. The summed E-state index contributed by atoms with van der Waals surface area (Å²) in [5.41, 5.74) is 5.46. The Bertz CT molecular complexity index is 1160. The molecule has 1 aliphatic rings. The summed E-state index contributed by atoms with van der Waals surface area (Å²) >= 11 is 0. The molecule has 0 spiro atoms. The summed E-state index contributed by atoms with van der Waals surface area (Å²) in [7, 11) is 3.88. The number of imidazole rings is 1. The molecule has 1 fully saturated rings. The summed E-state index contributed by atoms with van der Waals surface area (Å²) in [5, 5.41) is 0. The van der Waals surface area contributed by atoms with Crippen LogP contribution in [0.25, 0.3) is 16.9 Å². The van der Waals surface area contributed by atoms with Gasteiger partial charge < -0.3 is 4.74 Å². The largest absolute Gasteiger partial charge is 0.497 e. The molecule has 4 aromatic rings. The zero-order valence-electron chi connectivity index (χ0n) is 18.0. The Hall–Kier alpha value is -3.22. The number of ether oxygens (including phenoxy) is 1. The first-order chi connectivity index (χ1) is 15.2. The van der Waals surface area contributed by atoms with Crippen molar-refractivity contribution in [1.29, 1.82) is 0 Å². The third-order valence-electron chi connectivity index (χ3n) is 6.08. The number of nitrogens with zero attached hydrogens (tertiary/aromatic N) is 5. The van der Waals surface area contributed by atoms with Crippen LogP contribution in [0.15, 0.2) is 73.1 Å². The minimum Gasteiger partial charge on any atom is -0.497 e. The quantitative estimate of drug-likeness (QED) is 0.497. The number of fused-ring (bicyclic) bond motifs is 1. The van der Waals surface area contributed by atoms with E-state index in [1.165, 1.54) is 0 Å². The highest BCUT2D eigenvalue weighted by Crippen LogP contribution is 2.28. The van der Waals surface area contributed by atoms with Gasteiger partial charge in [-0.05, 0) is 61.1 Å². The van der Waals surface area contributed by atoms with Crippen molar-refractivity contribution < 1.29 is 4.74 Å². The molecule has 0 radical (unpaired) electrons. The maximum Gasteiger partial charge on any atom is 0.137 e. The zero-order chi connectivity index (χ0) is 21.2. The standard InChI is InChI=1S/C25H27N5O/c1-28-14-15-29(16-20-6-3-4-13-26-20)18-24(28)22-17-30-23(7-5-8-25(30)27-22)19-9-11-21(31-2)12-10-19/h3-13,17,24H,14-16,18H2,1-2H3. The van der Waals surface area contributed by atoms with Crippen LogP contribution in [-0.2, 0) is 6.54 Å².